The van der Waals surface area contributed by atoms with E-state index in [4.69, 9.17) is 5.11 Å². The molecular formula is C11H19FO2. The summed E-state index contributed by atoms with van der Waals surface area (Å²) >= 11 is 0. The zero-order valence-electron chi connectivity index (χ0n) is 8.71. The minimum Gasteiger partial charge on any atom is -0.481 e. The molecule has 1 saturated carbocycles. The Labute approximate surface area is 84.5 Å². The second kappa shape index (κ2) is 5.32. The van der Waals surface area contributed by atoms with Crippen LogP contribution < -0.4 is 0 Å². The molecule has 82 valence electrons. The van der Waals surface area contributed by atoms with Gasteiger partial charge in [-0.3, -0.25) is 4.79 Å². The molecule has 1 aliphatic carbocycles. The predicted molar refractivity (Wildman–Crippen MR) is 52.9 cm³/mol. The van der Waals surface area contributed by atoms with Gasteiger partial charge in [0.25, 0.3) is 0 Å². The van der Waals surface area contributed by atoms with Gasteiger partial charge in [0.05, 0.1) is 6.42 Å². The molecule has 2 nitrogen and oxygen atoms in total. The van der Waals surface area contributed by atoms with Crippen LogP contribution in [0.5, 0.6) is 0 Å². The first kappa shape index (κ1) is 11.5. The zero-order chi connectivity index (χ0) is 10.6. The molecule has 0 aromatic heterocycles. The summed E-state index contributed by atoms with van der Waals surface area (Å²) < 4.78 is 13.2. The maximum Gasteiger partial charge on any atom is 0.303 e. The molecule has 0 aromatic rings. The van der Waals surface area contributed by atoms with Crippen molar-refractivity contribution >= 4 is 5.97 Å². The molecule has 3 heteroatoms. The quantitative estimate of drug-likeness (QED) is 0.760. The largest absolute Gasteiger partial charge is 0.481 e. The fourth-order valence-electron chi connectivity index (χ4n) is 2.47. The van der Waals surface area contributed by atoms with Crippen molar-refractivity contribution in [3.05, 3.63) is 0 Å². The average molecular weight is 202 g/mol. The average Bonchev–Trinajstić information content (AvgIpc) is 2.15. The fraction of sp³-hybridized carbons (Fsp3) is 0.909. The van der Waals surface area contributed by atoms with Crippen LogP contribution >= 0.6 is 0 Å². The lowest BCUT2D eigenvalue weighted by Gasteiger charge is -2.30. The minimum absolute atomic E-state index is 0.0116. The van der Waals surface area contributed by atoms with Crippen molar-refractivity contribution in [2.45, 2.75) is 51.6 Å². The second-order valence-corrected chi connectivity index (χ2v) is 4.34. The van der Waals surface area contributed by atoms with Gasteiger partial charge in [-0.2, -0.15) is 0 Å². The molecule has 1 aliphatic rings. The highest BCUT2D eigenvalue weighted by atomic mass is 19.1. The SMILES string of the molecule is CC(F)C(CC(=O)O)C1CCCCC1. The summed E-state index contributed by atoms with van der Waals surface area (Å²) in [5.41, 5.74) is 0. The van der Waals surface area contributed by atoms with Gasteiger partial charge in [-0.1, -0.05) is 32.1 Å². The van der Waals surface area contributed by atoms with Crippen LogP contribution in [0.2, 0.25) is 0 Å². The van der Waals surface area contributed by atoms with Crippen LogP contribution in [-0.4, -0.2) is 17.2 Å². The first-order valence-corrected chi connectivity index (χ1v) is 5.47. The molecule has 1 fully saturated rings. The summed E-state index contributed by atoms with van der Waals surface area (Å²) in [5.74, 6) is -0.849. The van der Waals surface area contributed by atoms with Crippen LogP contribution in [0.15, 0.2) is 0 Å². The van der Waals surface area contributed by atoms with E-state index in [1.807, 2.05) is 0 Å². The number of aliphatic carboxylic acids is 1. The number of rotatable bonds is 4. The molecule has 1 rings (SSSR count). The Bertz CT molecular complexity index is 186. The maximum atomic E-state index is 13.2. The predicted octanol–water partition coefficient (Wildman–Crippen LogP) is 3.02. The number of alkyl halides is 1. The van der Waals surface area contributed by atoms with Crippen LogP contribution in [0.1, 0.15) is 45.4 Å². The van der Waals surface area contributed by atoms with Crippen LogP contribution in [0, 0.1) is 11.8 Å². The summed E-state index contributed by atoms with van der Waals surface area (Å²) in [6.45, 7) is 1.49. The molecule has 0 aliphatic heterocycles. The highest BCUT2D eigenvalue weighted by Crippen LogP contribution is 2.34. The third kappa shape index (κ3) is 3.28. The fourth-order valence-corrected chi connectivity index (χ4v) is 2.47. The van der Waals surface area contributed by atoms with Crippen molar-refractivity contribution in [2.75, 3.05) is 0 Å². The van der Waals surface area contributed by atoms with E-state index in [2.05, 4.69) is 0 Å². The van der Waals surface area contributed by atoms with Gasteiger partial charge in [-0.05, 0) is 12.8 Å². The maximum absolute atomic E-state index is 13.2. The van der Waals surface area contributed by atoms with Crippen molar-refractivity contribution in [1.29, 1.82) is 0 Å². The van der Waals surface area contributed by atoms with E-state index in [1.165, 1.54) is 13.3 Å². The topological polar surface area (TPSA) is 37.3 Å². The lowest BCUT2D eigenvalue weighted by Crippen LogP contribution is -2.27. The smallest absolute Gasteiger partial charge is 0.303 e. The molecule has 0 aromatic carbocycles. The summed E-state index contributed by atoms with van der Waals surface area (Å²) in [4.78, 5) is 10.6. The van der Waals surface area contributed by atoms with Crippen LogP contribution in [0.25, 0.3) is 0 Å². The molecule has 14 heavy (non-hydrogen) atoms. The van der Waals surface area contributed by atoms with Gasteiger partial charge in [0, 0.05) is 5.92 Å². The summed E-state index contributed by atoms with van der Waals surface area (Å²) in [5, 5.41) is 8.70. The van der Waals surface area contributed by atoms with E-state index in [0.717, 1.165) is 25.7 Å². The molecule has 0 bridgehead atoms. The Hall–Kier alpha value is -0.600. The van der Waals surface area contributed by atoms with E-state index in [-0.39, 0.29) is 12.3 Å². The lowest BCUT2D eigenvalue weighted by molar-refractivity contribution is -0.139. The number of carboxylic acid groups (broad SMARTS) is 1. The first-order valence-electron chi connectivity index (χ1n) is 5.47. The number of carbonyl (C=O) groups is 1. The van der Waals surface area contributed by atoms with Gasteiger partial charge >= 0.3 is 5.97 Å². The van der Waals surface area contributed by atoms with Crippen LogP contribution in [0.3, 0.4) is 0 Å². The summed E-state index contributed by atoms with van der Waals surface area (Å²) in [7, 11) is 0. The lowest BCUT2D eigenvalue weighted by atomic mass is 9.77. The van der Waals surface area contributed by atoms with Crippen molar-refractivity contribution in [3.8, 4) is 0 Å². The standard InChI is InChI=1S/C11H19FO2/c1-8(12)10(7-11(13)14)9-5-3-2-4-6-9/h8-10H,2-7H2,1H3,(H,13,14). The van der Waals surface area contributed by atoms with Crippen molar-refractivity contribution in [3.63, 3.8) is 0 Å². The molecule has 0 heterocycles. The van der Waals surface area contributed by atoms with E-state index in [9.17, 15) is 9.18 Å². The van der Waals surface area contributed by atoms with Crippen molar-refractivity contribution in [1.82, 2.24) is 0 Å². The Kier molecular flexibility index (Phi) is 4.36. The van der Waals surface area contributed by atoms with Gasteiger partial charge in [0.1, 0.15) is 6.17 Å². The third-order valence-electron chi connectivity index (χ3n) is 3.26. The summed E-state index contributed by atoms with van der Waals surface area (Å²) in [6, 6.07) is 0. The van der Waals surface area contributed by atoms with Gasteiger partial charge < -0.3 is 5.11 Å². The highest BCUT2D eigenvalue weighted by Gasteiger charge is 2.29. The van der Waals surface area contributed by atoms with E-state index in [0.29, 0.717) is 5.92 Å². The molecular weight excluding hydrogens is 183 g/mol. The molecule has 2 atom stereocenters. The molecule has 0 saturated heterocycles. The van der Waals surface area contributed by atoms with E-state index < -0.39 is 12.1 Å². The van der Waals surface area contributed by atoms with Crippen molar-refractivity contribution in [2.24, 2.45) is 11.8 Å². The Balaban J connectivity index is 2.51. The van der Waals surface area contributed by atoms with Crippen molar-refractivity contribution < 1.29 is 14.3 Å². The molecule has 0 amide bonds. The highest BCUT2D eigenvalue weighted by molar-refractivity contribution is 5.67. The number of halogens is 1. The monoisotopic (exact) mass is 202 g/mol. The molecule has 1 N–H and O–H groups in total. The van der Waals surface area contributed by atoms with E-state index in [1.54, 1.807) is 0 Å². The van der Waals surface area contributed by atoms with Gasteiger partial charge in [0.2, 0.25) is 0 Å². The van der Waals surface area contributed by atoms with Crippen LogP contribution in [-0.2, 0) is 4.79 Å². The summed E-state index contributed by atoms with van der Waals surface area (Å²) in [6.07, 6.45) is 4.49. The van der Waals surface area contributed by atoms with Gasteiger partial charge in [-0.15, -0.1) is 0 Å². The van der Waals surface area contributed by atoms with E-state index >= 15 is 0 Å². The third-order valence-corrected chi connectivity index (χ3v) is 3.26. The Morgan fingerprint density at radius 1 is 1.43 bits per heavy atom. The first-order chi connectivity index (χ1) is 6.61. The number of hydrogen-bond acceptors (Lipinski definition) is 1. The number of carboxylic acids is 1. The van der Waals surface area contributed by atoms with Crippen LogP contribution in [0.4, 0.5) is 4.39 Å². The molecule has 2 unspecified atom stereocenters. The second-order valence-electron chi connectivity index (χ2n) is 4.34. The van der Waals surface area contributed by atoms with Gasteiger partial charge in [-0.25, -0.2) is 4.39 Å². The minimum atomic E-state index is -0.991. The zero-order valence-corrected chi connectivity index (χ0v) is 8.71. The van der Waals surface area contributed by atoms with Gasteiger partial charge in [0.15, 0.2) is 0 Å². The molecule has 0 spiro atoms. The number of hydrogen-bond donors (Lipinski definition) is 1. The normalized spacial score (nSPS) is 23.0. The Morgan fingerprint density at radius 2 is 2.00 bits per heavy atom. The Morgan fingerprint density at radius 3 is 2.43 bits per heavy atom. The molecule has 0 radical (unpaired) electrons.